The highest BCUT2D eigenvalue weighted by molar-refractivity contribution is 6.04. The lowest BCUT2D eigenvalue weighted by Crippen LogP contribution is -2.17. The predicted octanol–water partition coefficient (Wildman–Crippen LogP) is 1.64. The third kappa shape index (κ3) is 2.29. The molecule has 0 aliphatic heterocycles. The molecule has 0 heterocycles. The molecule has 1 saturated carbocycles. The van der Waals surface area contributed by atoms with Crippen molar-refractivity contribution in [3.63, 3.8) is 0 Å². The molecule has 0 bridgehead atoms. The maximum absolute atomic E-state index is 11.6. The average Bonchev–Trinajstić information content (AvgIpc) is 3.11. The minimum atomic E-state index is -1.44. The number of hydrogen-bond acceptors (Lipinski definition) is 4. The van der Waals surface area contributed by atoms with Gasteiger partial charge in [0.1, 0.15) is 0 Å². The number of nitrogens with zero attached hydrogens (tertiary/aromatic N) is 1. The summed E-state index contributed by atoms with van der Waals surface area (Å²) in [6, 6.07) is 3.78. The van der Waals surface area contributed by atoms with Gasteiger partial charge < -0.3 is 10.4 Å². The van der Waals surface area contributed by atoms with Crippen molar-refractivity contribution in [2.24, 2.45) is 5.92 Å². The minimum Gasteiger partial charge on any atom is -0.477 e. The van der Waals surface area contributed by atoms with Gasteiger partial charge >= 0.3 is 5.97 Å². The van der Waals surface area contributed by atoms with E-state index in [1.807, 2.05) is 0 Å². The first-order valence-electron chi connectivity index (χ1n) is 5.32. The first kappa shape index (κ1) is 12.0. The molecule has 1 aliphatic rings. The Morgan fingerprint density at radius 3 is 2.56 bits per heavy atom. The van der Waals surface area contributed by atoms with Crippen molar-refractivity contribution in [3.8, 4) is 0 Å². The number of anilines is 1. The Bertz CT molecular complexity index is 536. The molecule has 0 unspecified atom stereocenters. The van der Waals surface area contributed by atoms with Crippen LogP contribution in [-0.2, 0) is 4.79 Å². The number of carbonyl (C=O) groups excluding carboxylic acids is 1. The van der Waals surface area contributed by atoms with Gasteiger partial charge in [-0.2, -0.15) is 0 Å². The fraction of sp³-hybridized carbons (Fsp3) is 0.273. The van der Waals surface area contributed by atoms with Crippen LogP contribution in [0.15, 0.2) is 18.2 Å². The van der Waals surface area contributed by atoms with E-state index < -0.39 is 22.1 Å². The van der Waals surface area contributed by atoms with Gasteiger partial charge in [-0.15, -0.1) is 0 Å². The number of benzene rings is 1. The van der Waals surface area contributed by atoms with E-state index in [-0.39, 0.29) is 17.5 Å². The summed E-state index contributed by atoms with van der Waals surface area (Å²) in [5.74, 6) is -1.84. The molecule has 94 valence electrons. The van der Waals surface area contributed by atoms with E-state index in [0.29, 0.717) is 0 Å². The molecule has 7 heteroatoms. The first-order chi connectivity index (χ1) is 8.50. The number of carboxylic acid groups (broad SMARTS) is 1. The molecule has 2 N–H and O–H groups in total. The fourth-order valence-corrected chi connectivity index (χ4v) is 1.60. The lowest BCUT2D eigenvalue weighted by Gasteiger charge is -2.07. The predicted molar refractivity (Wildman–Crippen MR) is 61.4 cm³/mol. The van der Waals surface area contributed by atoms with E-state index in [1.165, 1.54) is 12.1 Å². The van der Waals surface area contributed by atoms with E-state index in [1.54, 1.807) is 0 Å². The molecule has 1 aromatic carbocycles. The highest BCUT2D eigenvalue weighted by atomic mass is 16.6. The number of aromatic carboxylic acids is 1. The van der Waals surface area contributed by atoms with Crippen molar-refractivity contribution in [3.05, 3.63) is 33.9 Å². The van der Waals surface area contributed by atoms with Gasteiger partial charge in [-0.3, -0.25) is 14.9 Å². The summed E-state index contributed by atoms with van der Waals surface area (Å²) in [6.07, 6.45) is 1.53. The Morgan fingerprint density at radius 2 is 2.06 bits per heavy atom. The summed E-state index contributed by atoms with van der Waals surface area (Å²) < 4.78 is 0. The monoisotopic (exact) mass is 250 g/mol. The number of nitrogens with one attached hydrogen (secondary N) is 1. The Labute approximate surface area is 102 Å². The third-order valence-corrected chi connectivity index (χ3v) is 2.66. The van der Waals surface area contributed by atoms with Gasteiger partial charge in [0.2, 0.25) is 5.91 Å². The average molecular weight is 250 g/mol. The van der Waals surface area contributed by atoms with Gasteiger partial charge in [0.15, 0.2) is 5.56 Å². The number of carboxylic acids is 1. The smallest absolute Gasteiger partial charge is 0.344 e. The van der Waals surface area contributed by atoms with Crippen LogP contribution in [0.1, 0.15) is 23.2 Å². The second-order valence-corrected chi connectivity index (χ2v) is 4.03. The van der Waals surface area contributed by atoms with Crippen LogP contribution in [0.2, 0.25) is 0 Å². The standard InChI is InChI=1S/C11H10N2O5/c14-10(6-4-5-6)12-7-2-1-3-8(13(17)18)9(7)11(15)16/h1-3,6H,4-5H2,(H,12,14)(H,15,16). The third-order valence-electron chi connectivity index (χ3n) is 2.66. The summed E-state index contributed by atoms with van der Waals surface area (Å²) in [6.45, 7) is 0. The molecule has 18 heavy (non-hydrogen) atoms. The van der Waals surface area contributed by atoms with Crippen LogP contribution < -0.4 is 5.32 Å². The maximum Gasteiger partial charge on any atom is 0.344 e. The zero-order chi connectivity index (χ0) is 13.3. The normalized spacial score (nSPS) is 14.0. The van der Waals surface area contributed by atoms with Crippen LogP contribution >= 0.6 is 0 Å². The van der Waals surface area contributed by atoms with E-state index >= 15 is 0 Å². The van der Waals surface area contributed by atoms with E-state index in [2.05, 4.69) is 5.32 Å². The second-order valence-electron chi connectivity index (χ2n) is 4.03. The molecule has 1 fully saturated rings. The molecule has 7 nitrogen and oxygen atoms in total. The van der Waals surface area contributed by atoms with Crippen LogP contribution in [0, 0.1) is 16.0 Å². The molecule has 0 atom stereocenters. The van der Waals surface area contributed by atoms with Crippen molar-refractivity contribution in [2.75, 3.05) is 5.32 Å². The van der Waals surface area contributed by atoms with E-state index in [0.717, 1.165) is 18.9 Å². The summed E-state index contributed by atoms with van der Waals surface area (Å²) in [5, 5.41) is 22.2. The highest BCUT2D eigenvalue weighted by Crippen LogP contribution is 2.32. The minimum absolute atomic E-state index is 0.0337. The number of amides is 1. The highest BCUT2D eigenvalue weighted by Gasteiger charge is 2.31. The molecule has 0 aromatic heterocycles. The zero-order valence-corrected chi connectivity index (χ0v) is 9.25. The summed E-state index contributed by atoms with van der Waals surface area (Å²) in [7, 11) is 0. The van der Waals surface area contributed by atoms with Gasteiger partial charge in [-0.1, -0.05) is 6.07 Å². The van der Waals surface area contributed by atoms with E-state index in [9.17, 15) is 19.7 Å². The Hall–Kier alpha value is -2.44. The summed E-state index contributed by atoms with van der Waals surface area (Å²) >= 11 is 0. The van der Waals surface area contributed by atoms with Crippen molar-refractivity contribution < 1.29 is 19.6 Å². The summed E-state index contributed by atoms with van der Waals surface area (Å²) in [4.78, 5) is 32.6. The second kappa shape index (κ2) is 4.44. The SMILES string of the molecule is O=C(O)c1c(NC(=O)C2CC2)cccc1[N+](=O)[O-]. The van der Waals surface area contributed by atoms with E-state index in [4.69, 9.17) is 5.11 Å². The van der Waals surface area contributed by atoms with Gasteiger partial charge in [0, 0.05) is 12.0 Å². The molecule has 0 radical (unpaired) electrons. The van der Waals surface area contributed by atoms with Gasteiger partial charge in [-0.25, -0.2) is 4.79 Å². The number of nitro groups is 1. The Morgan fingerprint density at radius 1 is 1.39 bits per heavy atom. The number of rotatable bonds is 4. The van der Waals surface area contributed by atoms with Crippen LogP contribution in [-0.4, -0.2) is 21.9 Å². The van der Waals surface area contributed by atoms with Gasteiger partial charge in [-0.05, 0) is 18.9 Å². The molecule has 2 rings (SSSR count). The molecule has 1 amide bonds. The number of nitro benzene ring substituents is 1. The maximum atomic E-state index is 11.6. The topological polar surface area (TPSA) is 110 Å². The largest absolute Gasteiger partial charge is 0.477 e. The lowest BCUT2D eigenvalue weighted by atomic mass is 10.1. The molecule has 1 aliphatic carbocycles. The van der Waals surface area contributed by atoms with Crippen LogP contribution in [0.5, 0.6) is 0 Å². The quantitative estimate of drug-likeness (QED) is 0.623. The molecule has 1 aromatic rings. The van der Waals surface area contributed by atoms with Crippen molar-refractivity contribution in [1.29, 1.82) is 0 Å². The molecular weight excluding hydrogens is 240 g/mol. The Balaban J connectivity index is 2.39. The van der Waals surface area contributed by atoms with Crippen molar-refractivity contribution in [1.82, 2.24) is 0 Å². The fourth-order valence-electron chi connectivity index (χ4n) is 1.60. The Kier molecular flexibility index (Phi) is 2.97. The summed E-state index contributed by atoms with van der Waals surface area (Å²) in [5.41, 5.74) is -1.05. The molecule has 0 spiro atoms. The van der Waals surface area contributed by atoms with Crippen LogP contribution in [0.25, 0.3) is 0 Å². The number of carbonyl (C=O) groups is 2. The van der Waals surface area contributed by atoms with Crippen molar-refractivity contribution >= 4 is 23.3 Å². The van der Waals surface area contributed by atoms with Crippen LogP contribution in [0.3, 0.4) is 0 Å². The first-order valence-corrected chi connectivity index (χ1v) is 5.32. The molecule has 0 saturated heterocycles. The molecular formula is C11H10N2O5. The van der Waals surface area contributed by atoms with Gasteiger partial charge in [0.05, 0.1) is 10.6 Å². The van der Waals surface area contributed by atoms with Crippen molar-refractivity contribution in [2.45, 2.75) is 12.8 Å². The number of hydrogen-bond donors (Lipinski definition) is 2. The van der Waals surface area contributed by atoms with Gasteiger partial charge in [0.25, 0.3) is 5.69 Å². The zero-order valence-electron chi connectivity index (χ0n) is 9.25. The van der Waals surface area contributed by atoms with Crippen LogP contribution in [0.4, 0.5) is 11.4 Å². The lowest BCUT2D eigenvalue weighted by molar-refractivity contribution is -0.385.